The Labute approximate surface area is 147 Å². The molecule has 134 valence electrons. The Bertz CT molecular complexity index is 987. The largest absolute Gasteiger partial charge is 0.435 e. The molecule has 8 heteroatoms. The lowest BCUT2D eigenvalue weighted by molar-refractivity contribution is -0.0498. The molecule has 0 atom stereocenters. The van der Waals surface area contributed by atoms with Crippen molar-refractivity contribution in [3.63, 3.8) is 0 Å². The van der Waals surface area contributed by atoms with Crippen molar-refractivity contribution in [2.45, 2.75) is 13.2 Å². The first-order valence-corrected chi connectivity index (χ1v) is 7.72. The van der Waals surface area contributed by atoms with E-state index in [4.69, 9.17) is 0 Å². The smallest absolute Gasteiger partial charge is 0.387 e. The zero-order valence-corrected chi connectivity index (χ0v) is 13.8. The number of halogens is 2. The van der Waals surface area contributed by atoms with E-state index in [1.165, 1.54) is 17.0 Å². The monoisotopic (exact) mass is 359 g/mol. The summed E-state index contributed by atoms with van der Waals surface area (Å²) >= 11 is 0. The van der Waals surface area contributed by atoms with Crippen molar-refractivity contribution in [2.75, 3.05) is 7.05 Å². The maximum absolute atomic E-state index is 12.7. The first kappa shape index (κ1) is 17.5. The van der Waals surface area contributed by atoms with Crippen molar-refractivity contribution in [2.24, 2.45) is 0 Å². The second-order valence-corrected chi connectivity index (χ2v) is 5.63. The molecule has 1 heterocycles. The lowest BCUT2D eigenvalue weighted by Crippen LogP contribution is -2.28. The number of nitrogens with one attached hydrogen (secondary N) is 1. The highest BCUT2D eigenvalue weighted by atomic mass is 19.3. The molecule has 0 bridgehead atoms. The summed E-state index contributed by atoms with van der Waals surface area (Å²) in [5.41, 5.74) is 0.506. The minimum absolute atomic E-state index is 0.0472. The van der Waals surface area contributed by atoms with Gasteiger partial charge in [-0.15, -0.1) is 0 Å². The Morgan fingerprint density at radius 1 is 1.15 bits per heavy atom. The molecule has 0 spiro atoms. The molecule has 2 aromatic carbocycles. The van der Waals surface area contributed by atoms with Crippen molar-refractivity contribution >= 4 is 16.7 Å². The lowest BCUT2D eigenvalue weighted by atomic mass is 10.1. The van der Waals surface area contributed by atoms with Crippen LogP contribution in [0.4, 0.5) is 8.78 Å². The third-order valence-electron chi connectivity index (χ3n) is 3.81. The summed E-state index contributed by atoms with van der Waals surface area (Å²) in [6.45, 7) is -2.65. The van der Waals surface area contributed by atoms with Gasteiger partial charge in [-0.25, -0.2) is 5.10 Å². The molecule has 0 aliphatic carbocycles. The van der Waals surface area contributed by atoms with Crippen LogP contribution in [0.3, 0.4) is 0 Å². The van der Waals surface area contributed by atoms with Crippen molar-refractivity contribution in [1.29, 1.82) is 0 Å². The summed E-state index contributed by atoms with van der Waals surface area (Å²) in [6.07, 6.45) is 0. The molecule has 3 rings (SSSR count). The Hall–Kier alpha value is -3.29. The number of aromatic nitrogens is 2. The topological polar surface area (TPSA) is 75.3 Å². The quantitative estimate of drug-likeness (QED) is 0.760. The van der Waals surface area contributed by atoms with Gasteiger partial charge in [0.05, 0.1) is 5.39 Å². The van der Waals surface area contributed by atoms with Crippen LogP contribution in [0.25, 0.3) is 10.8 Å². The molecule has 1 amide bonds. The Balaban J connectivity index is 1.80. The maximum atomic E-state index is 12.7. The van der Waals surface area contributed by atoms with Crippen LogP contribution in [0.5, 0.6) is 5.75 Å². The predicted molar refractivity (Wildman–Crippen MR) is 91.2 cm³/mol. The number of hydrogen-bond donors (Lipinski definition) is 1. The second-order valence-electron chi connectivity index (χ2n) is 5.63. The standard InChI is InChI=1S/C18H15F2N3O3/c1-23(10-11-6-8-12(9-7-11)26-18(19)20)17(25)15-13-4-2-3-5-14(13)16(24)22-21-15/h2-9,18H,10H2,1H3,(H,22,24). The number of benzene rings is 2. The number of amides is 1. The van der Waals surface area contributed by atoms with Gasteiger partial charge in [-0.1, -0.05) is 30.3 Å². The molecule has 0 saturated carbocycles. The summed E-state index contributed by atoms with van der Waals surface area (Å²) in [5, 5.41) is 7.06. The number of aromatic amines is 1. The van der Waals surface area contributed by atoms with Crippen molar-refractivity contribution in [3.8, 4) is 5.75 Å². The van der Waals surface area contributed by atoms with Gasteiger partial charge in [0.2, 0.25) is 0 Å². The number of alkyl halides is 2. The number of rotatable bonds is 5. The van der Waals surface area contributed by atoms with Gasteiger partial charge >= 0.3 is 6.61 Å². The zero-order chi connectivity index (χ0) is 18.7. The molecule has 1 N–H and O–H groups in total. The van der Waals surface area contributed by atoms with Crippen molar-refractivity contribution in [3.05, 3.63) is 70.1 Å². The van der Waals surface area contributed by atoms with Gasteiger partial charge in [-0.3, -0.25) is 9.59 Å². The van der Waals surface area contributed by atoms with E-state index >= 15 is 0 Å². The third kappa shape index (κ3) is 3.69. The average Bonchev–Trinajstić information content (AvgIpc) is 2.63. The minimum atomic E-state index is -2.88. The number of carbonyl (C=O) groups excluding carboxylic acids is 1. The molecular weight excluding hydrogens is 344 g/mol. The summed E-state index contributed by atoms with van der Waals surface area (Å²) in [5.74, 6) is -0.323. The van der Waals surface area contributed by atoms with E-state index < -0.39 is 6.61 Å². The molecule has 0 radical (unpaired) electrons. The van der Waals surface area contributed by atoms with Gasteiger partial charge in [0, 0.05) is 19.0 Å². The molecule has 0 aliphatic heterocycles. The number of hydrogen-bond acceptors (Lipinski definition) is 4. The molecule has 3 aromatic rings. The summed E-state index contributed by atoms with van der Waals surface area (Å²) in [7, 11) is 1.59. The van der Waals surface area contributed by atoms with Crippen molar-refractivity contribution < 1.29 is 18.3 Å². The van der Waals surface area contributed by atoms with Gasteiger partial charge in [0.15, 0.2) is 5.69 Å². The van der Waals surface area contributed by atoms with Crippen LogP contribution in [0.2, 0.25) is 0 Å². The molecule has 0 fully saturated rings. The van der Waals surface area contributed by atoms with Crippen LogP contribution in [0.15, 0.2) is 53.3 Å². The SMILES string of the molecule is CN(Cc1ccc(OC(F)F)cc1)C(=O)c1n[nH]c(=O)c2ccccc12. The van der Waals surface area contributed by atoms with Gasteiger partial charge in [0.1, 0.15) is 5.75 Å². The van der Waals surface area contributed by atoms with Crippen LogP contribution in [0.1, 0.15) is 16.1 Å². The zero-order valence-electron chi connectivity index (χ0n) is 13.8. The number of nitrogens with zero attached hydrogens (tertiary/aromatic N) is 2. The minimum Gasteiger partial charge on any atom is -0.435 e. The molecule has 1 aromatic heterocycles. The number of ether oxygens (including phenoxy) is 1. The Morgan fingerprint density at radius 3 is 2.46 bits per heavy atom. The average molecular weight is 359 g/mol. The van der Waals surface area contributed by atoms with Crippen LogP contribution in [-0.4, -0.2) is 34.7 Å². The fourth-order valence-electron chi connectivity index (χ4n) is 2.58. The fourth-order valence-corrected chi connectivity index (χ4v) is 2.58. The van der Waals surface area contributed by atoms with Gasteiger partial charge in [-0.05, 0) is 23.8 Å². The first-order valence-electron chi connectivity index (χ1n) is 7.72. The van der Waals surface area contributed by atoms with Crippen LogP contribution < -0.4 is 10.3 Å². The first-order chi connectivity index (χ1) is 12.5. The Kier molecular flexibility index (Phi) is 4.92. The van der Waals surface area contributed by atoms with E-state index in [1.807, 2.05) is 0 Å². The van der Waals surface area contributed by atoms with Gasteiger partial charge in [0.25, 0.3) is 11.5 Å². The van der Waals surface area contributed by atoms with Crippen LogP contribution >= 0.6 is 0 Å². The molecule has 26 heavy (non-hydrogen) atoms. The molecule has 6 nitrogen and oxygen atoms in total. The van der Waals surface area contributed by atoms with E-state index in [0.29, 0.717) is 10.8 Å². The van der Waals surface area contributed by atoms with E-state index in [1.54, 1.807) is 43.4 Å². The highest BCUT2D eigenvalue weighted by molar-refractivity contribution is 6.04. The normalized spacial score (nSPS) is 10.9. The third-order valence-corrected chi connectivity index (χ3v) is 3.81. The molecule has 0 aliphatic rings. The van der Waals surface area contributed by atoms with E-state index in [-0.39, 0.29) is 29.5 Å². The number of H-pyrrole nitrogens is 1. The van der Waals surface area contributed by atoms with Gasteiger partial charge < -0.3 is 9.64 Å². The molecule has 0 unspecified atom stereocenters. The van der Waals surface area contributed by atoms with Crippen LogP contribution in [0, 0.1) is 0 Å². The highest BCUT2D eigenvalue weighted by Gasteiger charge is 2.18. The fraction of sp³-hybridized carbons (Fsp3) is 0.167. The summed E-state index contributed by atoms with van der Waals surface area (Å²) in [4.78, 5) is 25.9. The summed E-state index contributed by atoms with van der Waals surface area (Å²) in [6, 6.07) is 12.7. The van der Waals surface area contributed by atoms with Crippen molar-refractivity contribution in [1.82, 2.24) is 15.1 Å². The lowest BCUT2D eigenvalue weighted by Gasteiger charge is -2.17. The maximum Gasteiger partial charge on any atom is 0.387 e. The molecule has 0 saturated heterocycles. The van der Waals surface area contributed by atoms with E-state index in [0.717, 1.165) is 5.56 Å². The predicted octanol–water partition coefficient (Wildman–Crippen LogP) is 2.80. The number of fused-ring (bicyclic) bond motifs is 1. The van der Waals surface area contributed by atoms with Crippen LogP contribution in [-0.2, 0) is 6.54 Å². The highest BCUT2D eigenvalue weighted by Crippen LogP contribution is 2.18. The van der Waals surface area contributed by atoms with Gasteiger partial charge in [-0.2, -0.15) is 13.9 Å². The van der Waals surface area contributed by atoms with E-state index in [9.17, 15) is 18.4 Å². The summed E-state index contributed by atoms with van der Waals surface area (Å²) < 4.78 is 28.6. The number of carbonyl (C=O) groups is 1. The van der Waals surface area contributed by atoms with E-state index in [2.05, 4.69) is 14.9 Å². The molecular formula is C18H15F2N3O3. The Morgan fingerprint density at radius 2 is 1.81 bits per heavy atom. The second kappa shape index (κ2) is 7.30.